The number of amides is 6. The van der Waals surface area contributed by atoms with Gasteiger partial charge in [0.25, 0.3) is 0 Å². The maximum atomic E-state index is 14.7. The SMILES string of the molecule is CC[C@H](C)[C@@H]([C@@H](CC(=O)N1CCC[C@H]1[C@H](OC)[C@@H](C)C(=O)NC(Cc1ccccc1)C(=O)O)OC)N(C)C(=O)[C@@H](NC(=O)[C@@H]1[C@H]2CC[C@H](C2)N1C(=O)CCCCCNC(=O)OC(C)(C)C)C(C)C. The normalized spacial score (nSPS) is 22.1. The van der Waals surface area contributed by atoms with Gasteiger partial charge in [-0.25, -0.2) is 9.59 Å². The first kappa shape index (κ1) is 55.8. The number of carbonyl (C=O) groups is 7. The van der Waals surface area contributed by atoms with E-state index in [4.69, 9.17) is 14.2 Å². The monoisotopic (exact) mass is 955 g/mol. The Morgan fingerprint density at radius 2 is 1.59 bits per heavy atom. The van der Waals surface area contributed by atoms with Crippen molar-refractivity contribution >= 4 is 41.6 Å². The molecule has 6 amide bonds. The fraction of sp³-hybridized carbons (Fsp3) is 0.745. The Morgan fingerprint density at radius 3 is 2.19 bits per heavy atom. The average molecular weight is 955 g/mol. The summed E-state index contributed by atoms with van der Waals surface area (Å²) >= 11 is 0. The fourth-order valence-corrected chi connectivity index (χ4v) is 10.5. The number of carboxylic acid groups (broad SMARTS) is 1. The molecule has 2 aliphatic heterocycles. The molecule has 3 fully saturated rings. The average Bonchev–Trinajstić information content (AvgIpc) is 4.06. The molecule has 68 heavy (non-hydrogen) atoms. The first-order valence-electron chi connectivity index (χ1n) is 24.9. The predicted octanol–water partition coefficient (Wildman–Crippen LogP) is 5.32. The van der Waals surface area contributed by atoms with Crippen LogP contribution < -0.4 is 16.0 Å². The van der Waals surface area contributed by atoms with E-state index in [1.165, 1.54) is 14.2 Å². The van der Waals surface area contributed by atoms with Gasteiger partial charge in [0.2, 0.25) is 29.5 Å². The van der Waals surface area contributed by atoms with Crippen LogP contribution in [0.15, 0.2) is 30.3 Å². The number of hydrogen-bond acceptors (Lipinski definition) is 10. The summed E-state index contributed by atoms with van der Waals surface area (Å²) in [7, 11) is 4.70. The van der Waals surface area contributed by atoms with E-state index in [1.54, 1.807) is 61.6 Å². The summed E-state index contributed by atoms with van der Waals surface area (Å²) in [6, 6.07) is 5.30. The van der Waals surface area contributed by atoms with Gasteiger partial charge in [-0.3, -0.25) is 24.0 Å². The van der Waals surface area contributed by atoms with Crippen molar-refractivity contribution in [3.8, 4) is 0 Å². The molecule has 1 aromatic carbocycles. The summed E-state index contributed by atoms with van der Waals surface area (Å²) in [5.74, 6) is -3.79. The van der Waals surface area contributed by atoms with Gasteiger partial charge < -0.3 is 50.0 Å². The maximum absolute atomic E-state index is 14.7. The molecule has 17 heteroatoms. The van der Waals surface area contributed by atoms with Crippen LogP contribution in [0.2, 0.25) is 0 Å². The molecule has 11 atom stereocenters. The summed E-state index contributed by atoms with van der Waals surface area (Å²) in [5, 5.41) is 18.5. The third-order valence-corrected chi connectivity index (χ3v) is 14.3. The molecule has 3 aliphatic rings. The second kappa shape index (κ2) is 25.7. The topological polar surface area (TPSA) is 213 Å². The highest BCUT2D eigenvalue weighted by Crippen LogP contribution is 2.43. The number of unbranched alkanes of at least 4 members (excludes halogenated alkanes) is 2. The number of ether oxygens (including phenoxy) is 3. The molecule has 17 nitrogen and oxygen atoms in total. The van der Waals surface area contributed by atoms with Gasteiger partial charge in [0.1, 0.15) is 23.7 Å². The third-order valence-electron chi connectivity index (χ3n) is 14.3. The van der Waals surface area contributed by atoms with E-state index in [-0.39, 0.29) is 66.7 Å². The van der Waals surface area contributed by atoms with Gasteiger partial charge in [-0.2, -0.15) is 0 Å². The second-order valence-corrected chi connectivity index (χ2v) is 20.6. The minimum atomic E-state index is -1.15. The van der Waals surface area contributed by atoms with Crippen LogP contribution in [0.3, 0.4) is 0 Å². The summed E-state index contributed by atoms with van der Waals surface area (Å²) in [4.78, 5) is 100.0. The van der Waals surface area contributed by atoms with E-state index >= 15 is 0 Å². The fourth-order valence-electron chi connectivity index (χ4n) is 10.5. The standard InChI is InChI=1S/C51H82N6O11/c1-12-32(4)43(39(66-10)30-41(59)56-27-19-22-38(56)45(67-11)33(5)46(60)53-37(49(63)64)28-34-20-15-13-16-21-34)55(9)48(62)42(31(2)3)54-47(61)44-35-24-25-36(29-35)57(44)40(58)23-17-14-18-26-52-50(65)68-51(6,7)8/h13,15-16,20-21,31-33,35-39,42-45H,12,14,17-19,22-30H2,1-11H3,(H,52,65)(H,53,60)(H,54,61)(H,63,64)/t32-,33+,35-,36+,37?,38-,39+,42-,43-,44-,45+/m0/s1. The van der Waals surface area contributed by atoms with Crippen molar-refractivity contribution in [2.24, 2.45) is 23.7 Å². The summed E-state index contributed by atoms with van der Waals surface area (Å²) in [5.41, 5.74) is 0.186. The van der Waals surface area contributed by atoms with Crippen molar-refractivity contribution in [2.75, 3.05) is 34.4 Å². The molecule has 4 rings (SSSR count). The van der Waals surface area contributed by atoms with Crippen molar-refractivity contribution in [2.45, 2.75) is 186 Å². The number of likely N-dealkylation sites (tertiary alicyclic amines) is 2. The molecule has 1 aliphatic carbocycles. The molecule has 0 spiro atoms. The van der Waals surface area contributed by atoms with Crippen molar-refractivity contribution in [3.05, 3.63) is 35.9 Å². The zero-order valence-corrected chi connectivity index (χ0v) is 42.6. The maximum Gasteiger partial charge on any atom is 0.407 e. The lowest BCUT2D eigenvalue weighted by Gasteiger charge is -2.41. The van der Waals surface area contributed by atoms with Gasteiger partial charge in [-0.1, -0.05) is 77.8 Å². The van der Waals surface area contributed by atoms with Gasteiger partial charge in [-0.15, -0.1) is 0 Å². The van der Waals surface area contributed by atoms with Crippen molar-refractivity contribution in [1.82, 2.24) is 30.7 Å². The van der Waals surface area contributed by atoms with E-state index < -0.39 is 71.9 Å². The Hall–Kier alpha value is -4.77. The van der Waals surface area contributed by atoms with E-state index in [0.29, 0.717) is 45.2 Å². The summed E-state index contributed by atoms with van der Waals surface area (Å²) in [6.07, 6.45) is 4.78. The number of nitrogens with zero attached hydrogens (tertiary/aromatic N) is 3. The van der Waals surface area contributed by atoms with E-state index in [9.17, 15) is 38.7 Å². The molecule has 2 bridgehead atoms. The molecule has 2 heterocycles. The summed E-state index contributed by atoms with van der Waals surface area (Å²) < 4.78 is 17.3. The van der Waals surface area contributed by atoms with E-state index in [1.807, 2.05) is 45.9 Å². The van der Waals surface area contributed by atoms with Crippen LogP contribution in [-0.4, -0.2) is 150 Å². The van der Waals surface area contributed by atoms with Crippen LogP contribution in [0, 0.1) is 23.7 Å². The molecule has 0 aromatic heterocycles. The minimum absolute atomic E-state index is 0.00477. The second-order valence-electron chi connectivity index (χ2n) is 20.6. The smallest absolute Gasteiger partial charge is 0.407 e. The Bertz CT molecular complexity index is 1860. The lowest BCUT2D eigenvalue weighted by molar-refractivity contribution is -0.149. The molecule has 4 N–H and O–H groups in total. The summed E-state index contributed by atoms with van der Waals surface area (Å²) in [6.45, 7) is 15.7. The van der Waals surface area contributed by atoms with Gasteiger partial charge in [0, 0.05) is 53.2 Å². The highest BCUT2D eigenvalue weighted by molar-refractivity contribution is 5.93. The van der Waals surface area contributed by atoms with Crippen molar-refractivity contribution in [1.29, 1.82) is 0 Å². The number of benzene rings is 1. The van der Waals surface area contributed by atoms with Crippen LogP contribution >= 0.6 is 0 Å². The number of hydrogen-bond donors (Lipinski definition) is 4. The molecule has 1 unspecified atom stereocenters. The Balaban J connectivity index is 1.41. The number of carbonyl (C=O) groups excluding carboxylic acids is 6. The number of nitrogens with one attached hydrogen (secondary N) is 3. The van der Waals surface area contributed by atoms with Crippen LogP contribution in [0.4, 0.5) is 4.79 Å². The lowest BCUT2D eigenvalue weighted by Crippen LogP contribution is -2.60. The highest BCUT2D eigenvalue weighted by Gasteiger charge is 2.52. The number of carboxylic acids is 1. The number of alkyl carbamates (subject to hydrolysis) is 1. The van der Waals surface area contributed by atoms with E-state index in [2.05, 4.69) is 16.0 Å². The number of aliphatic carboxylic acids is 1. The molecule has 382 valence electrons. The molecular formula is C51H82N6O11. The zero-order valence-electron chi connectivity index (χ0n) is 42.6. The largest absolute Gasteiger partial charge is 0.480 e. The quantitative estimate of drug-likeness (QED) is 0.0921. The highest BCUT2D eigenvalue weighted by atomic mass is 16.6. The number of fused-ring (bicyclic) bond motifs is 2. The van der Waals surface area contributed by atoms with Gasteiger partial charge >= 0.3 is 12.1 Å². The van der Waals surface area contributed by atoms with E-state index in [0.717, 1.165) is 31.2 Å². The number of rotatable bonds is 25. The Kier molecular flexibility index (Phi) is 21.1. The van der Waals surface area contributed by atoms with Crippen LogP contribution in [0.25, 0.3) is 0 Å². The Labute approximate surface area is 404 Å². The molecule has 2 saturated heterocycles. The van der Waals surface area contributed by atoms with Crippen LogP contribution in [-0.2, 0) is 49.4 Å². The molecule has 0 radical (unpaired) electrons. The predicted molar refractivity (Wildman–Crippen MR) is 257 cm³/mol. The first-order chi connectivity index (χ1) is 32.1. The van der Waals surface area contributed by atoms with Gasteiger partial charge in [0.05, 0.1) is 36.6 Å². The van der Waals surface area contributed by atoms with Crippen molar-refractivity contribution in [3.63, 3.8) is 0 Å². The zero-order chi connectivity index (χ0) is 50.5. The lowest BCUT2D eigenvalue weighted by atomic mass is 9.89. The third kappa shape index (κ3) is 14.9. The minimum Gasteiger partial charge on any atom is -0.480 e. The molecule has 1 aromatic rings. The van der Waals surface area contributed by atoms with Crippen LogP contribution in [0.5, 0.6) is 0 Å². The van der Waals surface area contributed by atoms with Crippen molar-refractivity contribution < 1.29 is 52.9 Å². The number of piperidine rings is 1. The first-order valence-corrected chi connectivity index (χ1v) is 24.9. The van der Waals surface area contributed by atoms with Gasteiger partial charge in [0.15, 0.2) is 0 Å². The Morgan fingerprint density at radius 1 is 0.897 bits per heavy atom. The number of methoxy groups -OCH3 is 2. The van der Waals surface area contributed by atoms with Gasteiger partial charge in [-0.05, 0) is 89.0 Å². The van der Waals surface area contributed by atoms with Crippen LogP contribution in [0.1, 0.15) is 132 Å². The molecule has 1 saturated carbocycles. The number of likely N-dealkylation sites (N-methyl/N-ethyl adjacent to an activating group) is 1. The molecular weight excluding hydrogens is 873 g/mol.